The molecule has 3 aliphatic carbocycles. The highest BCUT2D eigenvalue weighted by atomic mass is 16.1. The summed E-state index contributed by atoms with van der Waals surface area (Å²) in [6, 6.07) is 0. The molecule has 0 bridgehead atoms. The first kappa shape index (κ1) is 11.3. The van der Waals surface area contributed by atoms with Gasteiger partial charge in [0.1, 0.15) is 0 Å². The zero-order valence-electron chi connectivity index (χ0n) is 10.6. The molecule has 1 nitrogen and oxygen atoms in total. The van der Waals surface area contributed by atoms with E-state index in [0.29, 0.717) is 11.2 Å². The summed E-state index contributed by atoms with van der Waals surface area (Å²) in [6.07, 6.45) is 13.8. The average Bonchev–Trinajstić information content (AvgIpc) is 2.73. The van der Waals surface area contributed by atoms with Gasteiger partial charge >= 0.3 is 0 Å². The molecule has 0 heterocycles. The van der Waals surface area contributed by atoms with Crippen LogP contribution in [0.1, 0.15) is 51.4 Å². The van der Waals surface area contributed by atoms with Crippen LogP contribution >= 0.6 is 0 Å². The van der Waals surface area contributed by atoms with E-state index in [0.717, 1.165) is 24.7 Å². The Bertz CT molecular complexity index is 379. The second-order valence-electron chi connectivity index (χ2n) is 6.18. The van der Waals surface area contributed by atoms with Crippen LogP contribution in [-0.4, -0.2) is 5.78 Å². The topological polar surface area (TPSA) is 17.1 Å². The molecule has 3 rings (SSSR count). The minimum atomic E-state index is 0.366. The fourth-order valence-electron chi connectivity index (χ4n) is 4.73. The van der Waals surface area contributed by atoms with Crippen molar-refractivity contribution in [3.8, 4) is 0 Å². The summed E-state index contributed by atoms with van der Waals surface area (Å²) in [5.74, 6) is 1.93. The first-order chi connectivity index (χ1) is 8.25. The van der Waals surface area contributed by atoms with Gasteiger partial charge in [-0.2, -0.15) is 0 Å². The Morgan fingerprint density at radius 2 is 2.24 bits per heavy atom. The summed E-state index contributed by atoms with van der Waals surface area (Å²) in [4.78, 5) is 11.5. The Labute approximate surface area is 104 Å². The normalized spacial score (nSPS) is 40.5. The third-order valence-corrected chi connectivity index (χ3v) is 5.45. The quantitative estimate of drug-likeness (QED) is 0.654. The molecule has 92 valence electrons. The molecule has 0 radical (unpaired) electrons. The molecule has 3 atom stereocenters. The first-order valence-electron chi connectivity index (χ1n) is 7.09. The van der Waals surface area contributed by atoms with Crippen LogP contribution in [-0.2, 0) is 4.79 Å². The van der Waals surface area contributed by atoms with Crippen molar-refractivity contribution in [3.05, 3.63) is 24.3 Å². The number of allylic oxidation sites excluding steroid dienone is 3. The molecule has 0 aliphatic heterocycles. The Morgan fingerprint density at radius 3 is 3.06 bits per heavy atom. The number of fused-ring (bicyclic) bond motifs is 3. The highest BCUT2D eigenvalue weighted by molar-refractivity contribution is 5.91. The van der Waals surface area contributed by atoms with E-state index in [9.17, 15) is 4.79 Å². The van der Waals surface area contributed by atoms with Crippen molar-refractivity contribution >= 4 is 5.78 Å². The van der Waals surface area contributed by atoms with Crippen LogP contribution in [0, 0.1) is 17.3 Å². The zero-order valence-corrected chi connectivity index (χ0v) is 10.6. The van der Waals surface area contributed by atoms with E-state index in [-0.39, 0.29) is 0 Å². The summed E-state index contributed by atoms with van der Waals surface area (Å²) in [6.45, 7) is 3.96. The Morgan fingerprint density at radius 1 is 1.35 bits per heavy atom. The van der Waals surface area contributed by atoms with Crippen LogP contribution in [0.3, 0.4) is 0 Å². The van der Waals surface area contributed by atoms with Crippen LogP contribution < -0.4 is 0 Å². The molecule has 0 aromatic carbocycles. The molecule has 2 saturated carbocycles. The molecule has 0 amide bonds. The standard InChI is InChI=1S/C16H22O/c1-2-8-16-9-3-4-15(16)14-6-5-13(17)11-12(14)7-10-16/h2,11,14-15H,1,3-10H2/t14?,15?,16-/m1/s1. The van der Waals surface area contributed by atoms with E-state index in [1.165, 1.54) is 44.1 Å². The van der Waals surface area contributed by atoms with Crippen molar-refractivity contribution in [3.63, 3.8) is 0 Å². The summed E-state index contributed by atoms with van der Waals surface area (Å²) >= 11 is 0. The maximum Gasteiger partial charge on any atom is 0.155 e. The number of hydrogen-bond acceptors (Lipinski definition) is 1. The zero-order chi connectivity index (χ0) is 11.9. The Kier molecular flexibility index (Phi) is 2.72. The van der Waals surface area contributed by atoms with Crippen LogP contribution in [0.25, 0.3) is 0 Å². The molecule has 3 aliphatic rings. The van der Waals surface area contributed by atoms with E-state index >= 15 is 0 Å². The second kappa shape index (κ2) is 4.12. The maximum atomic E-state index is 11.5. The van der Waals surface area contributed by atoms with Gasteiger partial charge in [0.15, 0.2) is 5.78 Å². The maximum absolute atomic E-state index is 11.5. The van der Waals surface area contributed by atoms with Gasteiger partial charge in [-0.1, -0.05) is 18.1 Å². The molecule has 1 heteroatoms. The molecule has 0 aromatic heterocycles. The lowest BCUT2D eigenvalue weighted by atomic mass is 9.58. The van der Waals surface area contributed by atoms with E-state index in [2.05, 4.69) is 12.7 Å². The lowest BCUT2D eigenvalue weighted by Crippen LogP contribution is -2.38. The molecule has 0 N–H and O–H groups in total. The number of carbonyl (C=O) groups is 1. The van der Waals surface area contributed by atoms with Crippen molar-refractivity contribution in [2.24, 2.45) is 17.3 Å². The van der Waals surface area contributed by atoms with Crippen molar-refractivity contribution in [2.75, 3.05) is 0 Å². The van der Waals surface area contributed by atoms with E-state index in [1.807, 2.05) is 6.08 Å². The molecular weight excluding hydrogens is 208 g/mol. The first-order valence-corrected chi connectivity index (χ1v) is 7.09. The molecule has 2 fully saturated rings. The average molecular weight is 230 g/mol. The molecule has 0 spiro atoms. The summed E-state index contributed by atoms with van der Waals surface area (Å²) in [7, 11) is 0. The molecule has 17 heavy (non-hydrogen) atoms. The van der Waals surface area contributed by atoms with Crippen molar-refractivity contribution in [2.45, 2.75) is 51.4 Å². The third-order valence-electron chi connectivity index (χ3n) is 5.45. The largest absolute Gasteiger partial charge is 0.295 e. The lowest BCUT2D eigenvalue weighted by molar-refractivity contribution is -0.115. The summed E-state index contributed by atoms with van der Waals surface area (Å²) in [5.41, 5.74) is 2.03. The SMILES string of the molecule is C=CC[C@]12CCCC1C1CCC(=O)C=C1CC2. The second-order valence-corrected chi connectivity index (χ2v) is 6.18. The third kappa shape index (κ3) is 1.71. The fourth-order valence-corrected chi connectivity index (χ4v) is 4.73. The molecule has 0 aromatic rings. The molecule has 2 unspecified atom stereocenters. The lowest BCUT2D eigenvalue weighted by Gasteiger charge is -2.46. The van der Waals surface area contributed by atoms with Gasteiger partial charge < -0.3 is 0 Å². The van der Waals surface area contributed by atoms with Crippen molar-refractivity contribution < 1.29 is 4.79 Å². The van der Waals surface area contributed by atoms with Gasteiger partial charge in [0.05, 0.1) is 0 Å². The van der Waals surface area contributed by atoms with Crippen LogP contribution in [0.4, 0.5) is 0 Å². The number of hydrogen-bond donors (Lipinski definition) is 0. The van der Waals surface area contributed by atoms with Gasteiger partial charge in [-0.15, -0.1) is 6.58 Å². The minimum Gasteiger partial charge on any atom is -0.295 e. The van der Waals surface area contributed by atoms with Gasteiger partial charge in [-0.3, -0.25) is 4.79 Å². The highest BCUT2D eigenvalue weighted by Gasteiger charge is 2.49. The van der Waals surface area contributed by atoms with Gasteiger partial charge in [0, 0.05) is 6.42 Å². The Balaban J connectivity index is 1.91. The van der Waals surface area contributed by atoms with Gasteiger partial charge in [0.2, 0.25) is 0 Å². The number of ketones is 1. The predicted octanol–water partition coefficient (Wildman–Crippen LogP) is 4.05. The van der Waals surface area contributed by atoms with Crippen molar-refractivity contribution in [1.82, 2.24) is 0 Å². The van der Waals surface area contributed by atoms with Crippen LogP contribution in [0.2, 0.25) is 0 Å². The van der Waals surface area contributed by atoms with E-state index in [4.69, 9.17) is 0 Å². The number of rotatable bonds is 2. The van der Waals surface area contributed by atoms with Crippen molar-refractivity contribution in [1.29, 1.82) is 0 Å². The predicted molar refractivity (Wildman–Crippen MR) is 69.6 cm³/mol. The molecular formula is C16H22O. The minimum absolute atomic E-state index is 0.366. The summed E-state index contributed by atoms with van der Waals surface area (Å²) < 4.78 is 0. The van der Waals surface area contributed by atoms with Gasteiger partial charge in [-0.05, 0) is 61.9 Å². The molecule has 0 saturated heterocycles. The summed E-state index contributed by atoms with van der Waals surface area (Å²) in [5, 5.41) is 0. The smallest absolute Gasteiger partial charge is 0.155 e. The Hall–Kier alpha value is -0.850. The fraction of sp³-hybridized carbons (Fsp3) is 0.688. The monoisotopic (exact) mass is 230 g/mol. The van der Waals surface area contributed by atoms with Gasteiger partial charge in [-0.25, -0.2) is 0 Å². The number of carbonyl (C=O) groups excluding carboxylic acids is 1. The van der Waals surface area contributed by atoms with Crippen LogP contribution in [0.15, 0.2) is 24.3 Å². The van der Waals surface area contributed by atoms with E-state index in [1.54, 1.807) is 0 Å². The van der Waals surface area contributed by atoms with Gasteiger partial charge in [0.25, 0.3) is 0 Å². The highest BCUT2D eigenvalue weighted by Crippen LogP contribution is 2.59. The van der Waals surface area contributed by atoms with E-state index < -0.39 is 0 Å². The van der Waals surface area contributed by atoms with Crippen LogP contribution in [0.5, 0.6) is 0 Å².